The van der Waals surface area contributed by atoms with Gasteiger partial charge >= 0.3 is 35.0 Å². The van der Waals surface area contributed by atoms with Crippen molar-refractivity contribution >= 4 is 19.1 Å². The quantitative estimate of drug-likeness (QED) is 0.385. The van der Waals surface area contributed by atoms with Gasteiger partial charge < -0.3 is 9.13 Å². The number of nitrogens with zero attached hydrogens (tertiary/aromatic N) is 4. The first-order chi connectivity index (χ1) is 12.3. The van der Waals surface area contributed by atoms with E-state index in [4.69, 9.17) is 19.1 Å². The normalized spacial score (nSPS) is 9.52. The fraction of sp³-hybridized carbons (Fsp3) is 0. The van der Waals surface area contributed by atoms with Crippen LogP contribution in [0.3, 0.4) is 0 Å². The van der Waals surface area contributed by atoms with Crippen molar-refractivity contribution < 1.29 is 15.9 Å². The second kappa shape index (κ2) is 11.6. The number of hydrogen-bond acceptors (Lipinski definition) is 2. The second-order valence-corrected chi connectivity index (χ2v) is 7.02. The van der Waals surface area contributed by atoms with E-state index in [1.54, 1.807) is 25.0 Å². The number of benzene rings is 2. The van der Waals surface area contributed by atoms with Crippen molar-refractivity contribution in [3.8, 4) is 11.4 Å². The molecule has 0 amide bonds. The molecule has 0 aliphatic carbocycles. The van der Waals surface area contributed by atoms with E-state index in [0.29, 0.717) is 0 Å². The van der Waals surface area contributed by atoms with Crippen LogP contribution in [0.25, 0.3) is 11.4 Å². The van der Waals surface area contributed by atoms with Crippen LogP contribution in [0.15, 0.2) is 98.1 Å². The molecule has 4 aromatic rings. The molecule has 0 spiro atoms. The summed E-state index contributed by atoms with van der Waals surface area (Å²) in [6.07, 6.45) is 11.0. The Morgan fingerprint density at radius 3 is 1.28 bits per heavy atom. The number of hydrogen-bond donors (Lipinski definition) is 0. The van der Waals surface area contributed by atoms with Crippen molar-refractivity contribution in [3.63, 3.8) is 0 Å². The van der Waals surface area contributed by atoms with E-state index < -0.39 is 0 Å². The predicted octanol–water partition coefficient (Wildman–Crippen LogP) is 5.12. The van der Waals surface area contributed by atoms with Crippen molar-refractivity contribution in [2.45, 2.75) is 0 Å². The largest absolute Gasteiger partial charge is 0.306 e. The van der Waals surface area contributed by atoms with Crippen molar-refractivity contribution in [2.24, 2.45) is 0 Å². The number of aromatic nitrogens is 4. The molecule has 2 heterocycles. The van der Waals surface area contributed by atoms with Gasteiger partial charge in [0.15, 0.2) is 0 Å². The summed E-state index contributed by atoms with van der Waals surface area (Å²) >= 11 is -0.106. The smallest absolute Gasteiger partial charge is 0.0991 e. The van der Waals surface area contributed by atoms with E-state index in [1.807, 2.05) is 82.2 Å². The number of rotatable bonds is 2. The summed E-state index contributed by atoms with van der Waals surface area (Å²) in [5.41, 5.74) is 2.29. The maximum atomic E-state index is 4.81. The molecule has 0 bridgehead atoms. The molecule has 7 heteroatoms. The first kappa shape index (κ1) is 19.4. The molecule has 2 aromatic carbocycles. The molecular weight excluding hydrogens is 450 g/mol. The van der Waals surface area contributed by atoms with Gasteiger partial charge in [-0.25, -0.2) is 9.97 Å². The van der Waals surface area contributed by atoms with Crippen LogP contribution in [0.5, 0.6) is 0 Å². The zero-order valence-corrected chi connectivity index (χ0v) is 16.2. The van der Waals surface area contributed by atoms with Gasteiger partial charge in [0.1, 0.15) is 0 Å². The van der Waals surface area contributed by atoms with Crippen LogP contribution < -0.4 is 0 Å². The monoisotopic (exact) mass is 464 g/mol. The minimum Gasteiger partial charge on any atom is -0.306 e. The predicted molar refractivity (Wildman–Crippen MR) is 98.8 cm³/mol. The summed E-state index contributed by atoms with van der Waals surface area (Å²) in [6.45, 7) is 0. The third kappa shape index (κ3) is 6.85. The van der Waals surface area contributed by atoms with Crippen LogP contribution >= 0.6 is 19.1 Å². The maximum absolute atomic E-state index is 4.81. The fourth-order valence-electron chi connectivity index (χ4n) is 2.02. The Kier molecular flexibility index (Phi) is 9.03. The van der Waals surface area contributed by atoms with E-state index >= 15 is 0 Å². The van der Waals surface area contributed by atoms with Gasteiger partial charge in [0.25, 0.3) is 0 Å². The van der Waals surface area contributed by atoms with Gasteiger partial charge in [-0.1, -0.05) is 36.4 Å². The summed E-state index contributed by atoms with van der Waals surface area (Å²) in [7, 11) is 9.63. The van der Waals surface area contributed by atoms with E-state index in [1.165, 1.54) is 0 Å². The van der Waals surface area contributed by atoms with Gasteiger partial charge in [0.2, 0.25) is 0 Å². The third-order valence-corrected chi connectivity index (χ3v) is 3.12. The van der Waals surface area contributed by atoms with Gasteiger partial charge in [-0.2, -0.15) is 0 Å². The van der Waals surface area contributed by atoms with Crippen LogP contribution in [0, 0.1) is 0 Å². The van der Waals surface area contributed by atoms with Crippen LogP contribution in [-0.2, 0) is 15.9 Å². The molecule has 4 nitrogen and oxygen atoms in total. The summed E-state index contributed by atoms with van der Waals surface area (Å²) in [6, 6.07) is 20.2. The summed E-state index contributed by atoms with van der Waals surface area (Å²) in [4.78, 5) is 7.92. The van der Waals surface area contributed by atoms with E-state index in [-0.39, 0.29) is 15.9 Å². The number of para-hydroxylation sites is 2. The Hall–Kier alpha value is -1.90. The Labute approximate surface area is 163 Å². The van der Waals surface area contributed by atoms with Gasteiger partial charge in [-0.05, 0) is 24.3 Å². The molecule has 0 saturated heterocycles. The first-order valence-corrected chi connectivity index (χ1v) is 11.2. The Morgan fingerprint density at radius 1 is 0.640 bits per heavy atom. The Morgan fingerprint density at radius 2 is 1.00 bits per heavy atom. The van der Waals surface area contributed by atoms with E-state index in [0.717, 1.165) is 11.4 Å². The number of halogens is 2. The molecule has 25 heavy (non-hydrogen) atoms. The minimum atomic E-state index is -0.106. The molecule has 132 valence electrons. The Bertz CT molecular complexity index is 722. The third-order valence-electron chi connectivity index (χ3n) is 3.12. The Balaban J connectivity index is 0.000000156. The van der Waals surface area contributed by atoms with Crippen LogP contribution in [-0.4, -0.2) is 19.1 Å². The summed E-state index contributed by atoms with van der Waals surface area (Å²) in [5, 5.41) is 0. The molecule has 0 atom stereocenters. The number of imidazole rings is 2. The summed E-state index contributed by atoms with van der Waals surface area (Å²) in [5.74, 6) is 0. The van der Waals surface area contributed by atoms with Crippen molar-refractivity contribution in [1.29, 1.82) is 0 Å². The zero-order valence-electron chi connectivity index (χ0n) is 13.1. The van der Waals surface area contributed by atoms with Crippen LogP contribution in [0.2, 0.25) is 0 Å². The topological polar surface area (TPSA) is 35.6 Å². The molecule has 0 aliphatic rings. The van der Waals surface area contributed by atoms with Gasteiger partial charge in [-0.15, -0.1) is 0 Å². The average Bonchev–Trinajstić information content (AvgIpc) is 3.39. The molecular formula is C18H16Cl2N4Pd. The molecule has 2 aromatic heterocycles. The van der Waals surface area contributed by atoms with Crippen molar-refractivity contribution in [2.75, 3.05) is 0 Å². The molecule has 0 N–H and O–H groups in total. The minimum absolute atomic E-state index is 0.106. The average molecular weight is 466 g/mol. The second-order valence-electron chi connectivity index (χ2n) is 4.66. The molecule has 0 radical (unpaired) electrons. The molecule has 0 unspecified atom stereocenters. The van der Waals surface area contributed by atoms with Crippen LogP contribution in [0.1, 0.15) is 0 Å². The van der Waals surface area contributed by atoms with Gasteiger partial charge in [0.05, 0.1) is 12.7 Å². The molecule has 0 aliphatic heterocycles. The maximum Gasteiger partial charge on any atom is 0.0991 e. The van der Waals surface area contributed by atoms with Gasteiger partial charge in [0, 0.05) is 36.2 Å². The van der Waals surface area contributed by atoms with Crippen molar-refractivity contribution in [3.05, 3.63) is 98.1 Å². The van der Waals surface area contributed by atoms with Crippen LogP contribution in [0.4, 0.5) is 0 Å². The zero-order chi connectivity index (χ0) is 17.7. The first-order valence-electron chi connectivity index (χ1n) is 7.24. The molecule has 0 fully saturated rings. The summed E-state index contributed by atoms with van der Waals surface area (Å²) < 4.78 is 3.94. The standard InChI is InChI=1S/2C9H8N2.2ClH.Pd/c2*1-2-4-9(5-3-1)11-7-6-10-8-11;;;/h2*1-8H;2*1H;/q;;;;+2/p-2. The SMILES string of the molecule is [Cl][Pd][Cl].c1ccc(-n2ccnc2)cc1.c1ccc(-n2ccnc2)cc1. The fourth-order valence-corrected chi connectivity index (χ4v) is 2.02. The van der Waals surface area contributed by atoms with Gasteiger partial charge in [-0.3, -0.25) is 0 Å². The molecule has 0 saturated carbocycles. The molecule has 4 rings (SSSR count). The van der Waals surface area contributed by atoms with Crippen molar-refractivity contribution in [1.82, 2.24) is 19.1 Å². The van der Waals surface area contributed by atoms with E-state index in [9.17, 15) is 0 Å². The van der Waals surface area contributed by atoms with E-state index in [2.05, 4.69) is 9.97 Å².